The summed E-state index contributed by atoms with van der Waals surface area (Å²) in [5, 5.41) is 8.86. The fraction of sp³-hybridized carbons (Fsp3) is 0.583. The van der Waals surface area contributed by atoms with Gasteiger partial charge >= 0.3 is 0 Å². The first-order chi connectivity index (χ1) is 7.79. The van der Waals surface area contributed by atoms with Gasteiger partial charge in [0.15, 0.2) is 0 Å². The zero-order valence-corrected chi connectivity index (χ0v) is 9.39. The van der Waals surface area contributed by atoms with Crippen molar-refractivity contribution in [3.63, 3.8) is 0 Å². The normalized spacial score (nSPS) is 24.8. The Balaban J connectivity index is 2.01. The molecule has 84 valence electrons. The van der Waals surface area contributed by atoms with Crippen molar-refractivity contribution in [2.24, 2.45) is 5.92 Å². The van der Waals surface area contributed by atoms with Crippen molar-refractivity contribution in [1.29, 1.82) is 5.26 Å². The first-order valence-electron chi connectivity index (χ1n) is 5.67. The van der Waals surface area contributed by atoms with Gasteiger partial charge in [-0.15, -0.1) is 0 Å². The molecule has 0 aromatic carbocycles. The van der Waals surface area contributed by atoms with Gasteiger partial charge < -0.3 is 4.74 Å². The van der Waals surface area contributed by atoms with Gasteiger partial charge in [-0.05, 0) is 31.6 Å². The van der Waals surface area contributed by atoms with Gasteiger partial charge in [0.1, 0.15) is 12.2 Å². The van der Waals surface area contributed by atoms with Crippen LogP contribution in [0.2, 0.25) is 0 Å². The van der Waals surface area contributed by atoms with Crippen molar-refractivity contribution in [2.75, 3.05) is 0 Å². The van der Waals surface area contributed by atoms with Crippen LogP contribution in [0, 0.1) is 17.2 Å². The molecule has 1 fully saturated rings. The Morgan fingerprint density at radius 2 is 1.94 bits per heavy atom. The number of hydrogen-bond acceptors (Lipinski definition) is 4. The van der Waals surface area contributed by atoms with Crippen molar-refractivity contribution in [2.45, 2.75) is 38.7 Å². The van der Waals surface area contributed by atoms with Crippen LogP contribution in [0.4, 0.5) is 0 Å². The molecule has 1 aliphatic rings. The molecule has 0 saturated heterocycles. The highest BCUT2D eigenvalue weighted by Gasteiger charge is 2.21. The fourth-order valence-electron chi connectivity index (χ4n) is 1.99. The van der Waals surface area contributed by atoms with Crippen LogP contribution in [0.15, 0.2) is 12.4 Å². The zero-order chi connectivity index (χ0) is 11.4. The van der Waals surface area contributed by atoms with E-state index in [0.29, 0.717) is 5.88 Å². The number of ether oxygens (including phenoxy) is 1. The largest absolute Gasteiger partial charge is 0.472 e. The smallest absolute Gasteiger partial charge is 0.251 e. The van der Waals surface area contributed by atoms with E-state index in [-0.39, 0.29) is 11.8 Å². The quantitative estimate of drug-likeness (QED) is 0.762. The van der Waals surface area contributed by atoms with Gasteiger partial charge in [0, 0.05) is 12.4 Å². The molecule has 0 amide bonds. The Labute approximate surface area is 95.3 Å². The lowest BCUT2D eigenvalue weighted by molar-refractivity contribution is 0.129. The Bertz CT molecular complexity index is 391. The van der Waals surface area contributed by atoms with E-state index in [9.17, 15) is 0 Å². The van der Waals surface area contributed by atoms with E-state index in [0.717, 1.165) is 18.8 Å². The molecule has 1 heterocycles. The maximum atomic E-state index is 8.86. The SMILES string of the molecule is CC1CCC(Oc2nccnc2C#N)CC1. The van der Waals surface area contributed by atoms with E-state index in [1.807, 2.05) is 6.07 Å². The predicted octanol–water partition coefficient (Wildman–Crippen LogP) is 2.31. The first-order valence-corrected chi connectivity index (χ1v) is 5.67. The summed E-state index contributed by atoms with van der Waals surface area (Å²) in [6.45, 7) is 2.26. The summed E-state index contributed by atoms with van der Waals surface area (Å²) >= 11 is 0. The second-order valence-corrected chi connectivity index (χ2v) is 4.32. The molecule has 2 rings (SSSR count). The first kappa shape index (κ1) is 10.9. The molecule has 0 spiro atoms. The van der Waals surface area contributed by atoms with E-state index in [1.54, 1.807) is 6.20 Å². The van der Waals surface area contributed by atoms with Crippen LogP contribution in [0.3, 0.4) is 0 Å². The van der Waals surface area contributed by atoms with Crippen molar-refractivity contribution in [3.05, 3.63) is 18.1 Å². The molecule has 0 N–H and O–H groups in total. The van der Waals surface area contributed by atoms with Crippen LogP contribution in [-0.4, -0.2) is 16.1 Å². The van der Waals surface area contributed by atoms with Gasteiger partial charge in [-0.25, -0.2) is 9.97 Å². The molecule has 0 aliphatic heterocycles. The molecule has 0 bridgehead atoms. The second kappa shape index (κ2) is 4.93. The Hall–Kier alpha value is -1.63. The average molecular weight is 217 g/mol. The minimum Gasteiger partial charge on any atom is -0.472 e. The molecular formula is C12H15N3O. The Morgan fingerprint density at radius 1 is 1.25 bits per heavy atom. The number of nitrogens with zero attached hydrogens (tertiary/aromatic N) is 3. The van der Waals surface area contributed by atoms with Gasteiger partial charge in [-0.2, -0.15) is 5.26 Å². The van der Waals surface area contributed by atoms with Gasteiger partial charge in [-0.3, -0.25) is 0 Å². The summed E-state index contributed by atoms with van der Waals surface area (Å²) in [4.78, 5) is 7.98. The van der Waals surface area contributed by atoms with Crippen LogP contribution in [0.1, 0.15) is 38.3 Å². The maximum absolute atomic E-state index is 8.86. The molecule has 0 atom stereocenters. The number of hydrogen-bond donors (Lipinski definition) is 0. The lowest BCUT2D eigenvalue weighted by atomic mass is 9.89. The molecule has 1 aliphatic carbocycles. The van der Waals surface area contributed by atoms with Crippen molar-refractivity contribution in [3.8, 4) is 11.9 Å². The third-order valence-corrected chi connectivity index (χ3v) is 3.01. The summed E-state index contributed by atoms with van der Waals surface area (Å²) in [7, 11) is 0. The highest BCUT2D eigenvalue weighted by molar-refractivity contribution is 5.30. The Kier molecular flexibility index (Phi) is 3.35. The van der Waals surface area contributed by atoms with Crippen LogP contribution in [-0.2, 0) is 0 Å². The lowest BCUT2D eigenvalue weighted by Crippen LogP contribution is -2.23. The fourth-order valence-corrected chi connectivity index (χ4v) is 1.99. The molecule has 1 aromatic heterocycles. The van der Waals surface area contributed by atoms with Gasteiger partial charge in [0.2, 0.25) is 5.69 Å². The highest BCUT2D eigenvalue weighted by Crippen LogP contribution is 2.26. The summed E-state index contributed by atoms with van der Waals surface area (Å²) in [6, 6.07) is 2.00. The predicted molar refractivity (Wildman–Crippen MR) is 58.8 cm³/mol. The lowest BCUT2D eigenvalue weighted by Gasteiger charge is -2.26. The minimum atomic E-state index is 0.194. The summed E-state index contributed by atoms with van der Waals surface area (Å²) in [5.74, 6) is 1.17. The van der Waals surface area contributed by atoms with Crippen molar-refractivity contribution >= 4 is 0 Å². The topological polar surface area (TPSA) is 58.8 Å². The molecule has 16 heavy (non-hydrogen) atoms. The van der Waals surface area contributed by atoms with Crippen LogP contribution in [0.25, 0.3) is 0 Å². The van der Waals surface area contributed by atoms with E-state index in [4.69, 9.17) is 10.00 Å². The van der Waals surface area contributed by atoms with Crippen LogP contribution < -0.4 is 4.74 Å². The number of aromatic nitrogens is 2. The molecule has 4 nitrogen and oxygen atoms in total. The third kappa shape index (κ3) is 2.48. The molecule has 1 saturated carbocycles. The van der Waals surface area contributed by atoms with Crippen LogP contribution >= 0.6 is 0 Å². The highest BCUT2D eigenvalue weighted by atomic mass is 16.5. The average Bonchev–Trinajstić information content (AvgIpc) is 2.33. The van der Waals surface area contributed by atoms with Gasteiger partial charge in [0.05, 0.1) is 0 Å². The summed E-state index contributed by atoms with van der Waals surface area (Å²) in [6.07, 6.45) is 7.72. The maximum Gasteiger partial charge on any atom is 0.251 e. The second-order valence-electron chi connectivity index (χ2n) is 4.32. The van der Waals surface area contributed by atoms with E-state index in [2.05, 4.69) is 16.9 Å². The molecule has 0 radical (unpaired) electrons. The van der Waals surface area contributed by atoms with Crippen molar-refractivity contribution < 1.29 is 4.74 Å². The molecule has 0 unspecified atom stereocenters. The van der Waals surface area contributed by atoms with Gasteiger partial charge in [-0.1, -0.05) is 6.92 Å². The molecule has 1 aromatic rings. The summed E-state index contributed by atoms with van der Waals surface area (Å²) < 4.78 is 5.73. The third-order valence-electron chi connectivity index (χ3n) is 3.01. The standard InChI is InChI=1S/C12H15N3O/c1-9-2-4-10(5-3-9)16-12-11(8-13)14-6-7-15-12/h6-7,9-10H,2-5H2,1H3. The Morgan fingerprint density at radius 3 is 2.62 bits per heavy atom. The van der Waals surface area contributed by atoms with E-state index in [1.165, 1.54) is 19.0 Å². The van der Waals surface area contributed by atoms with Crippen molar-refractivity contribution in [1.82, 2.24) is 9.97 Å². The summed E-state index contributed by atoms with van der Waals surface area (Å²) in [5.41, 5.74) is 0.279. The monoisotopic (exact) mass is 217 g/mol. The molecule has 4 heteroatoms. The molecular weight excluding hydrogens is 202 g/mol. The van der Waals surface area contributed by atoms with E-state index < -0.39 is 0 Å². The number of rotatable bonds is 2. The zero-order valence-electron chi connectivity index (χ0n) is 9.39. The van der Waals surface area contributed by atoms with E-state index >= 15 is 0 Å². The van der Waals surface area contributed by atoms with Crippen LogP contribution in [0.5, 0.6) is 5.88 Å². The van der Waals surface area contributed by atoms with Gasteiger partial charge in [0.25, 0.3) is 5.88 Å². The minimum absolute atomic E-state index is 0.194. The number of nitriles is 1.